The smallest absolute Gasteiger partial charge is 0.196 e. The van der Waals surface area contributed by atoms with Crippen molar-refractivity contribution >= 4 is 5.78 Å². The molecule has 0 spiro atoms. The maximum Gasteiger partial charge on any atom is 0.196 e. The molecule has 0 aromatic rings. The van der Waals surface area contributed by atoms with Crippen molar-refractivity contribution in [3.8, 4) is 0 Å². The quantitative estimate of drug-likeness (QED) is 0.419. The number of rotatable bonds is 6. The molecule has 88 valence electrons. The lowest BCUT2D eigenvalue weighted by atomic mass is 10.00. The van der Waals surface area contributed by atoms with Crippen LogP contribution in [-0.4, -0.2) is 10.9 Å². The van der Waals surface area contributed by atoms with Gasteiger partial charge in [-0.2, -0.15) is 0 Å². The van der Waals surface area contributed by atoms with Crippen molar-refractivity contribution in [3.05, 3.63) is 47.8 Å². The van der Waals surface area contributed by atoms with Gasteiger partial charge in [0.25, 0.3) is 0 Å². The van der Waals surface area contributed by atoms with Crippen molar-refractivity contribution in [2.45, 2.75) is 33.6 Å². The number of aliphatic hydroxyl groups is 1. The van der Waals surface area contributed by atoms with Gasteiger partial charge >= 0.3 is 0 Å². The van der Waals surface area contributed by atoms with E-state index in [0.717, 1.165) is 6.42 Å². The summed E-state index contributed by atoms with van der Waals surface area (Å²) in [6.45, 7) is 9.15. The highest BCUT2D eigenvalue weighted by Crippen LogP contribution is 2.15. The number of aliphatic hydroxyl groups excluding tert-OH is 1. The lowest BCUT2D eigenvalue weighted by molar-refractivity contribution is -0.112. The molecule has 0 saturated carbocycles. The van der Waals surface area contributed by atoms with E-state index in [0.29, 0.717) is 17.6 Å². The molecular formula is C14H20O2. The van der Waals surface area contributed by atoms with Crippen LogP contribution in [0.4, 0.5) is 0 Å². The summed E-state index contributed by atoms with van der Waals surface area (Å²) in [5.74, 6) is -0.340. The highest BCUT2D eigenvalue weighted by Gasteiger charge is 2.14. The summed E-state index contributed by atoms with van der Waals surface area (Å²) in [6.07, 6.45) is 8.56. The van der Waals surface area contributed by atoms with Gasteiger partial charge in [0.15, 0.2) is 5.78 Å². The Bertz CT molecular complexity index is 344. The Hall–Kier alpha value is -1.57. The molecule has 0 radical (unpaired) electrons. The molecule has 2 nitrogen and oxygen atoms in total. The van der Waals surface area contributed by atoms with Crippen LogP contribution in [0, 0.1) is 0 Å². The van der Waals surface area contributed by atoms with Crippen LogP contribution in [0.3, 0.4) is 0 Å². The maximum atomic E-state index is 12.0. The average Bonchev–Trinajstić information content (AvgIpc) is 2.24. The number of ketones is 1. The second-order valence-corrected chi connectivity index (χ2v) is 3.37. The molecule has 0 aliphatic rings. The standard InChI is InChI=1S/C14H20O2/c1-5-8-12(9-6-2)14(16)13(10-7-3)11(4)15/h5,8-10,15H,4,6-7H2,1-3H3/b8-5-,12-9+,13-10+. The van der Waals surface area contributed by atoms with Crippen LogP contribution in [0.15, 0.2) is 47.8 Å². The molecular weight excluding hydrogens is 200 g/mol. The molecule has 16 heavy (non-hydrogen) atoms. The summed E-state index contributed by atoms with van der Waals surface area (Å²) in [6, 6.07) is 0. The molecule has 0 heterocycles. The predicted molar refractivity (Wildman–Crippen MR) is 68.3 cm³/mol. The van der Waals surface area contributed by atoms with E-state index in [4.69, 9.17) is 0 Å². The Balaban J connectivity index is 5.20. The number of carbonyl (C=O) groups excluding carboxylic acids is 1. The Kier molecular flexibility index (Phi) is 6.93. The zero-order valence-corrected chi connectivity index (χ0v) is 10.3. The topological polar surface area (TPSA) is 37.3 Å². The molecule has 0 aromatic heterocycles. The number of allylic oxidation sites excluding steroid dienone is 6. The molecule has 0 fully saturated rings. The maximum absolute atomic E-state index is 12.0. The lowest BCUT2D eigenvalue weighted by Gasteiger charge is -2.05. The van der Waals surface area contributed by atoms with Gasteiger partial charge in [0, 0.05) is 5.57 Å². The Morgan fingerprint density at radius 2 is 1.81 bits per heavy atom. The first-order chi connectivity index (χ1) is 7.58. The van der Waals surface area contributed by atoms with E-state index in [1.54, 1.807) is 12.2 Å². The fourth-order valence-electron chi connectivity index (χ4n) is 1.34. The Labute approximate surface area is 97.7 Å². The van der Waals surface area contributed by atoms with E-state index in [2.05, 4.69) is 6.58 Å². The van der Waals surface area contributed by atoms with Gasteiger partial charge in [0.2, 0.25) is 0 Å². The van der Waals surface area contributed by atoms with Gasteiger partial charge in [-0.1, -0.05) is 44.7 Å². The van der Waals surface area contributed by atoms with Crippen molar-refractivity contribution in [1.29, 1.82) is 0 Å². The summed E-state index contributed by atoms with van der Waals surface area (Å²) in [4.78, 5) is 12.0. The third-order valence-electron chi connectivity index (χ3n) is 2.00. The predicted octanol–water partition coefficient (Wildman–Crippen LogP) is 3.88. The van der Waals surface area contributed by atoms with Crippen molar-refractivity contribution in [2.24, 2.45) is 0 Å². The average molecular weight is 220 g/mol. The van der Waals surface area contributed by atoms with Gasteiger partial charge in [-0.3, -0.25) is 4.79 Å². The monoisotopic (exact) mass is 220 g/mol. The number of carbonyl (C=O) groups is 1. The number of hydrogen-bond acceptors (Lipinski definition) is 2. The van der Waals surface area contributed by atoms with Gasteiger partial charge < -0.3 is 5.11 Å². The molecule has 1 N–H and O–H groups in total. The van der Waals surface area contributed by atoms with Gasteiger partial charge in [-0.15, -0.1) is 0 Å². The highest BCUT2D eigenvalue weighted by atomic mass is 16.3. The summed E-state index contributed by atoms with van der Waals surface area (Å²) in [5, 5.41) is 9.36. The molecule has 2 heteroatoms. The molecule has 0 atom stereocenters. The minimum Gasteiger partial charge on any atom is -0.508 e. The van der Waals surface area contributed by atoms with Crippen molar-refractivity contribution in [3.63, 3.8) is 0 Å². The Morgan fingerprint density at radius 1 is 1.25 bits per heavy atom. The van der Waals surface area contributed by atoms with Crippen LogP contribution in [0.1, 0.15) is 33.6 Å². The van der Waals surface area contributed by atoms with Gasteiger partial charge in [0.05, 0.1) is 5.57 Å². The lowest BCUT2D eigenvalue weighted by Crippen LogP contribution is -2.07. The van der Waals surface area contributed by atoms with Gasteiger partial charge in [0.1, 0.15) is 5.76 Å². The van der Waals surface area contributed by atoms with Crippen molar-refractivity contribution in [1.82, 2.24) is 0 Å². The second-order valence-electron chi connectivity index (χ2n) is 3.37. The zero-order valence-electron chi connectivity index (χ0n) is 10.3. The molecule has 0 saturated heterocycles. The molecule has 0 aliphatic carbocycles. The first-order valence-corrected chi connectivity index (χ1v) is 5.54. The molecule has 0 amide bonds. The van der Waals surface area contributed by atoms with Gasteiger partial charge in [-0.25, -0.2) is 0 Å². The first kappa shape index (κ1) is 14.4. The zero-order chi connectivity index (χ0) is 12.6. The van der Waals surface area contributed by atoms with E-state index in [1.807, 2.05) is 32.9 Å². The van der Waals surface area contributed by atoms with Crippen LogP contribution in [0.25, 0.3) is 0 Å². The summed E-state index contributed by atoms with van der Waals surface area (Å²) in [7, 11) is 0. The fourth-order valence-corrected chi connectivity index (χ4v) is 1.34. The van der Waals surface area contributed by atoms with Crippen molar-refractivity contribution in [2.75, 3.05) is 0 Å². The van der Waals surface area contributed by atoms with Crippen LogP contribution >= 0.6 is 0 Å². The minimum atomic E-state index is -0.172. The summed E-state index contributed by atoms with van der Waals surface area (Å²) >= 11 is 0. The van der Waals surface area contributed by atoms with E-state index < -0.39 is 0 Å². The summed E-state index contributed by atoms with van der Waals surface area (Å²) in [5.41, 5.74) is 0.889. The molecule has 0 aromatic carbocycles. The van der Waals surface area contributed by atoms with Crippen LogP contribution in [-0.2, 0) is 4.79 Å². The SMILES string of the molecule is C=C(O)/C(=C\CC)C(=O)C(/C=C\C)=C/CC. The third-order valence-corrected chi connectivity index (χ3v) is 2.00. The molecule has 0 aliphatic heterocycles. The van der Waals surface area contributed by atoms with E-state index in [1.165, 1.54) is 0 Å². The molecule has 0 bridgehead atoms. The second kappa shape index (κ2) is 7.69. The first-order valence-electron chi connectivity index (χ1n) is 5.54. The fraction of sp³-hybridized carbons (Fsp3) is 0.357. The minimum absolute atomic E-state index is 0.168. The largest absolute Gasteiger partial charge is 0.508 e. The van der Waals surface area contributed by atoms with Crippen LogP contribution in [0.5, 0.6) is 0 Å². The third kappa shape index (κ3) is 4.30. The van der Waals surface area contributed by atoms with E-state index in [9.17, 15) is 9.90 Å². The number of hydrogen-bond donors (Lipinski definition) is 1. The van der Waals surface area contributed by atoms with Crippen LogP contribution in [0.2, 0.25) is 0 Å². The van der Waals surface area contributed by atoms with E-state index >= 15 is 0 Å². The highest BCUT2D eigenvalue weighted by molar-refractivity contribution is 6.12. The summed E-state index contributed by atoms with van der Waals surface area (Å²) < 4.78 is 0. The molecule has 0 rings (SSSR count). The van der Waals surface area contributed by atoms with Crippen LogP contribution < -0.4 is 0 Å². The van der Waals surface area contributed by atoms with Crippen molar-refractivity contribution < 1.29 is 9.90 Å². The van der Waals surface area contributed by atoms with E-state index in [-0.39, 0.29) is 11.5 Å². The molecule has 0 unspecified atom stereocenters. The van der Waals surface area contributed by atoms with Gasteiger partial charge in [-0.05, 0) is 19.8 Å². The normalized spacial score (nSPS) is 13.2. The Morgan fingerprint density at radius 3 is 2.19 bits per heavy atom. The number of Topliss-reactive ketones (excluding diaryl/α,β-unsaturated/α-hetero) is 1.